The average Bonchev–Trinajstić information content (AvgIpc) is 3.46. The van der Waals surface area contributed by atoms with Gasteiger partial charge in [-0.1, -0.05) is 36.4 Å². The molecule has 0 saturated heterocycles. The molecule has 0 unspecified atom stereocenters. The maximum Gasteiger partial charge on any atom is 0.191 e. The molecule has 0 aliphatic heterocycles. The van der Waals surface area contributed by atoms with Gasteiger partial charge in [0.05, 0.1) is 6.54 Å². The average molecular weight is 402 g/mol. The normalized spacial score (nSPS) is 11.7. The van der Waals surface area contributed by atoms with E-state index in [1.165, 1.54) is 17.2 Å². The lowest BCUT2D eigenvalue weighted by molar-refractivity contribution is 0.641. The molecular weight excluding hydrogens is 374 g/mol. The number of hydrogen-bond donors (Lipinski definition) is 3. The fourth-order valence-corrected chi connectivity index (χ4v) is 3.47. The number of aromatic nitrogens is 4. The highest BCUT2D eigenvalue weighted by Crippen LogP contribution is 2.16. The smallest absolute Gasteiger partial charge is 0.191 e. The fourth-order valence-electron chi connectivity index (χ4n) is 3.47. The van der Waals surface area contributed by atoms with Gasteiger partial charge in [0.2, 0.25) is 0 Å². The van der Waals surface area contributed by atoms with Crippen LogP contribution in [-0.4, -0.2) is 38.8 Å². The number of aliphatic imine (C=N–C) groups is 1. The summed E-state index contributed by atoms with van der Waals surface area (Å²) in [7, 11) is 0. The molecule has 3 N–H and O–H groups in total. The third-order valence-corrected chi connectivity index (χ3v) is 4.93. The van der Waals surface area contributed by atoms with E-state index < -0.39 is 0 Å². The fraction of sp³-hybridized carbons (Fsp3) is 0.261. The quantitative estimate of drug-likeness (QED) is 0.239. The molecular formula is C23H27N7. The highest BCUT2D eigenvalue weighted by Gasteiger charge is 2.03. The first-order valence-corrected chi connectivity index (χ1v) is 10.3. The van der Waals surface area contributed by atoms with Gasteiger partial charge in [-0.25, -0.2) is 9.98 Å². The number of para-hydroxylation sites is 1. The Bertz CT molecular complexity index is 1100. The van der Waals surface area contributed by atoms with Crippen molar-refractivity contribution in [2.24, 2.45) is 4.99 Å². The van der Waals surface area contributed by atoms with Gasteiger partial charge in [-0.3, -0.25) is 5.10 Å². The van der Waals surface area contributed by atoms with Gasteiger partial charge in [0.1, 0.15) is 6.33 Å². The van der Waals surface area contributed by atoms with Crippen LogP contribution in [0.5, 0.6) is 0 Å². The van der Waals surface area contributed by atoms with E-state index >= 15 is 0 Å². The standard InChI is InChI=1S/C23H27N7/c1-2-24-23(25-12-6-13-30-14-11-19-8-3-4-10-21(19)30)26-16-18-7-5-9-20(15-18)22-27-17-28-29-22/h3-5,7-11,14-15,17H,2,6,12-13,16H2,1H3,(H2,24,25,26)(H,27,28,29). The van der Waals surface area contributed by atoms with Crippen molar-refractivity contribution in [3.63, 3.8) is 0 Å². The van der Waals surface area contributed by atoms with Crippen molar-refractivity contribution in [1.29, 1.82) is 0 Å². The maximum atomic E-state index is 4.73. The summed E-state index contributed by atoms with van der Waals surface area (Å²) in [4.78, 5) is 8.95. The Morgan fingerprint density at radius 2 is 2.03 bits per heavy atom. The van der Waals surface area contributed by atoms with Crippen LogP contribution in [0.2, 0.25) is 0 Å². The van der Waals surface area contributed by atoms with Crippen LogP contribution in [-0.2, 0) is 13.1 Å². The summed E-state index contributed by atoms with van der Waals surface area (Å²) in [5, 5.41) is 14.9. The third-order valence-electron chi connectivity index (χ3n) is 4.93. The van der Waals surface area contributed by atoms with Crippen molar-refractivity contribution in [1.82, 2.24) is 30.4 Å². The van der Waals surface area contributed by atoms with Crippen molar-refractivity contribution in [3.05, 3.63) is 72.7 Å². The summed E-state index contributed by atoms with van der Waals surface area (Å²) in [5.41, 5.74) is 3.42. The third kappa shape index (κ3) is 4.86. The first kappa shape index (κ1) is 19.7. The van der Waals surface area contributed by atoms with Crippen molar-refractivity contribution < 1.29 is 0 Å². The van der Waals surface area contributed by atoms with Gasteiger partial charge >= 0.3 is 0 Å². The van der Waals surface area contributed by atoms with Crippen molar-refractivity contribution in [2.45, 2.75) is 26.4 Å². The summed E-state index contributed by atoms with van der Waals surface area (Å²) in [6.45, 7) is 5.33. The zero-order valence-corrected chi connectivity index (χ0v) is 17.2. The molecule has 0 radical (unpaired) electrons. The van der Waals surface area contributed by atoms with E-state index in [-0.39, 0.29) is 0 Å². The van der Waals surface area contributed by atoms with Crippen molar-refractivity contribution >= 4 is 16.9 Å². The Hall–Kier alpha value is -3.61. The van der Waals surface area contributed by atoms with Crippen LogP contribution in [0.1, 0.15) is 18.9 Å². The van der Waals surface area contributed by atoms with Crippen LogP contribution in [0, 0.1) is 0 Å². The number of benzene rings is 2. The van der Waals surface area contributed by atoms with Crippen LogP contribution < -0.4 is 10.6 Å². The van der Waals surface area contributed by atoms with Gasteiger partial charge in [0.15, 0.2) is 11.8 Å². The number of fused-ring (bicyclic) bond motifs is 1. The number of hydrogen-bond acceptors (Lipinski definition) is 3. The van der Waals surface area contributed by atoms with E-state index in [9.17, 15) is 0 Å². The van der Waals surface area contributed by atoms with E-state index in [1.807, 2.05) is 12.1 Å². The predicted octanol–water partition coefficient (Wildman–Crippen LogP) is 3.57. The van der Waals surface area contributed by atoms with Gasteiger partial charge < -0.3 is 15.2 Å². The van der Waals surface area contributed by atoms with Gasteiger partial charge in [0.25, 0.3) is 0 Å². The lowest BCUT2D eigenvalue weighted by atomic mass is 10.1. The molecule has 7 nitrogen and oxygen atoms in total. The molecule has 0 spiro atoms. The Morgan fingerprint density at radius 3 is 2.90 bits per heavy atom. The summed E-state index contributed by atoms with van der Waals surface area (Å²) >= 11 is 0. The molecule has 0 atom stereocenters. The Morgan fingerprint density at radius 1 is 1.10 bits per heavy atom. The molecule has 30 heavy (non-hydrogen) atoms. The van der Waals surface area contributed by atoms with Crippen molar-refractivity contribution in [2.75, 3.05) is 13.1 Å². The number of rotatable bonds is 8. The number of nitrogens with one attached hydrogen (secondary N) is 3. The highest BCUT2D eigenvalue weighted by atomic mass is 15.2. The monoisotopic (exact) mass is 401 g/mol. The molecule has 0 saturated carbocycles. The van der Waals surface area contributed by atoms with Crippen LogP contribution in [0.3, 0.4) is 0 Å². The number of guanidine groups is 1. The zero-order chi connectivity index (χ0) is 20.6. The van der Waals surface area contributed by atoms with E-state index in [1.54, 1.807) is 0 Å². The highest BCUT2D eigenvalue weighted by molar-refractivity contribution is 5.80. The largest absolute Gasteiger partial charge is 0.357 e. The molecule has 2 aromatic heterocycles. The van der Waals surface area contributed by atoms with E-state index in [2.05, 4.69) is 86.0 Å². The van der Waals surface area contributed by atoms with Crippen LogP contribution in [0.4, 0.5) is 0 Å². The molecule has 0 fully saturated rings. The lowest BCUT2D eigenvalue weighted by Gasteiger charge is -2.12. The first-order chi connectivity index (χ1) is 14.8. The molecule has 0 aliphatic rings. The minimum Gasteiger partial charge on any atom is -0.357 e. The summed E-state index contributed by atoms with van der Waals surface area (Å²) < 4.78 is 2.30. The predicted molar refractivity (Wildman–Crippen MR) is 121 cm³/mol. The minimum absolute atomic E-state index is 0.597. The maximum absolute atomic E-state index is 4.73. The second-order valence-electron chi connectivity index (χ2n) is 7.08. The van der Waals surface area contributed by atoms with Gasteiger partial charge in [0, 0.05) is 36.9 Å². The molecule has 154 valence electrons. The Kier molecular flexibility index (Phi) is 6.39. The SMILES string of the molecule is CCNC(=NCc1cccc(-c2ncn[nH]2)c1)NCCCn1ccc2ccccc21. The summed E-state index contributed by atoms with van der Waals surface area (Å²) in [6, 6.07) is 18.8. The zero-order valence-electron chi connectivity index (χ0n) is 17.2. The number of aryl methyl sites for hydroxylation is 1. The Balaban J connectivity index is 1.32. The molecule has 0 amide bonds. The molecule has 0 aliphatic carbocycles. The topological polar surface area (TPSA) is 82.9 Å². The van der Waals surface area contributed by atoms with E-state index in [0.717, 1.165) is 49.0 Å². The Labute approximate surface area is 176 Å². The second kappa shape index (κ2) is 9.73. The van der Waals surface area contributed by atoms with Gasteiger partial charge in [-0.05, 0) is 42.5 Å². The lowest BCUT2D eigenvalue weighted by Crippen LogP contribution is -2.38. The van der Waals surface area contributed by atoms with E-state index in [4.69, 9.17) is 4.99 Å². The van der Waals surface area contributed by atoms with E-state index in [0.29, 0.717) is 6.54 Å². The first-order valence-electron chi connectivity index (χ1n) is 10.3. The van der Waals surface area contributed by atoms with Crippen LogP contribution >= 0.6 is 0 Å². The summed E-state index contributed by atoms with van der Waals surface area (Å²) in [6.07, 6.45) is 4.69. The van der Waals surface area contributed by atoms with Gasteiger partial charge in [-0.2, -0.15) is 5.10 Å². The van der Waals surface area contributed by atoms with Crippen LogP contribution in [0.15, 0.2) is 72.1 Å². The minimum atomic E-state index is 0.597. The van der Waals surface area contributed by atoms with Crippen LogP contribution in [0.25, 0.3) is 22.3 Å². The number of nitrogens with zero attached hydrogens (tertiary/aromatic N) is 4. The molecule has 2 heterocycles. The molecule has 0 bridgehead atoms. The summed E-state index contributed by atoms with van der Waals surface area (Å²) in [5.74, 6) is 1.60. The molecule has 4 rings (SSSR count). The molecule has 7 heteroatoms. The molecule has 2 aromatic carbocycles. The van der Waals surface area contributed by atoms with Gasteiger partial charge in [-0.15, -0.1) is 0 Å². The molecule has 4 aromatic rings. The van der Waals surface area contributed by atoms with Crippen molar-refractivity contribution in [3.8, 4) is 11.4 Å². The number of aromatic amines is 1. The number of H-pyrrole nitrogens is 1. The second-order valence-corrected chi connectivity index (χ2v) is 7.08.